The maximum atomic E-state index is 11.5. The van der Waals surface area contributed by atoms with Gasteiger partial charge in [0.05, 0.1) is 30.0 Å². The van der Waals surface area contributed by atoms with Crippen LogP contribution in [0.2, 0.25) is 0 Å². The average molecular weight is 470 g/mol. The van der Waals surface area contributed by atoms with E-state index in [-0.39, 0.29) is 26.2 Å². The molecule has 3 N–H and O–H groups in total. The van der Waals surface area contributed by atoms with Crippen LogP contribution in [0, 0.1) is 0 Å². The van der Waals surface area contributed by atoms with Gasteiger partial charge in [0.1, 0.15) is 12.7 Å². The molecule has 0 bridgehead atoms. The molecule has 1 saturated heterocycles. The molecule has 5 rings (SSSR count). The Bertz CT molecular complexity index is 1140. The minimum atomic E-state index is -0.701. The van der Waals surface area contributed by atoms with Gasteiger partial charge in [-0.25, -0.2) is 14.8 Å². The molecule has 1 aliphatic heterocycles. The van der Waals surface area contributed by atoms with Gasteiger partial charge in [-0.15, -0.1) is 0 Å². The number of nitrogens with zero attached hydrogens (tertiary/aromatic N) is 4. The first-order valence-electron chi connectivity index (χ1n) is 10.8. The van der Waals surface area contributed by atoms with E-state index in [0.717, 1.165) is 30.4 Å². The molecule has 0 unspecified atom stereocenters. The molecule has 2 aromatic heterocycles. The van der Waals surface area contributed by atoms with Crippen LogP contribution in [0.25, 0.3) is 22.3 Å². The summed E-state index contributed by atoms with van der Waals surface area (Å²) in [5.41, 5.74) is 8.43. The molecule has 2 fully saturated rings. The predicted molar refractivity (Wildman–Crippen MR) is 127 cm³/mol. The lowest BCUT2D eigenvalue weighted by Gasteiger charge is -2.37. The molecule has 33 heavy (non-hydrogen) atoms. The van der Waals surface area contributed by atoms with Crippen LogP contribution in [0.15, 0.2) is 42.7 Å². The van der Waals surface area contributed by atoms with Crippen molar-refractivity contribution >= 4 is 30.6 Å². The minimum absolute atomic E-state index is 0. The van der Waals surface area contributed by atoms with Gasteiger partial charge in [-0.3, -0.25) is 4.98 Å². The second kappa shape index (κ2) is 9.50. The second-order valence-electron chi connectivity index (χ2n) is 8.29. The Morgan fingerprint density at radius 1 is 1.24 bits per heavy atom. The number of primary amides is 1. The van der Waals surface area contributed by atoms with Crippen molar-refractivity contribution < 1.29 is 19.4 Å². The Balaban J connectivity index is 0.00000259. The van der Waals surface area contributed by atoms with Crippen LogP contribution in [0.3, 0.4) is 0 Å². The van der Waals surface area contributed by atoms with Gasteiger partial charge in [-0.2, -0.15) is 13.5 Å². The number of nitrogens with two attached hydrogens (primary N) is 1. The highest BCUT2D eigenvalue weighted by atomic mass is 32.1. The number of benzene rings is 1. The number of carbonyl (C=O) groups is 1. The highest BCUT2D eigenvalue weighted by molar-refractivity contribution is 7.59. The van der Waals surface area contributed by atoms with Gasteiger partial charge in [-0.05, 0) is 30.9 Å². The number of urea groups is 1. The zero-order valence-corrected chi connectivity index (χ0v) is 19.1. The van der Waals surface area contributed by atoms with Crippen LogP contribution in [0.5, 0.6) is 5.88 Å². The van der Waals surface area contributed by atoms with Crippen molar-refractivity contribution in [3.8, 4) is 17.1 Å². The Morgan fingerprint density at radius 2 is 2.00 bits per heavy atom. The van der Waals surface area contributed by atoms with Gasteiger partial charge in [-0.1, -0.05) is 24.3 Å². The molecule has 2 amide bonds. The number of pyridine rings is 1. The van der Waals surface area contributed by atoms with Gasteiger partial charge in [0.15, 0.2) is 5.52 Å². The summed E-state index contributed by atoms with van der Waals surface area (Å²) < 4.78 is 11.7. The molecule has 3 heterocycles. The van der Waals surface area contributed by atoms with E-state index in [4.69, 9.17) is 15.2 Å². The molecular weight excluding hydrogens is 442 g/mol. The first-order valence-corrected chi connectivity index (χ1v) is 10.8. The third-order valence-corrected chi connectivity index (χ3v) is 6.18. The van der Waals surface area contributed by atoms with Crippen molar-refractivity contribution in [2.24, 2.45) is 5.73 Å². The van der Waals surface area contributed by atoms with E-state index >= 15 is 0 Å². The summed E-state index contributed by atoms with van der Waals surface area (Å²) in [5, 5.41) is 10.6. The fourth-order valence-corrected chi connectivity index (χ4v) is 4.14. The smallest absolute Gasteiger partial charge is 0.314 e. The summed E-state index contributed by atoms with van der Waals surface area (Å²) in [6.07, 6.45) is 5.55. The first kappa shape index (κ1) is 23.2. The van der Waals surface area contributed by atoms with Crippen LogP contribution in [-0.4, -0.2) is 63.4 Å². The number of aliphatic hydroxyl groups is 1. The SMILES string of the molecule is NC(=O)N1CCO[C@H](COc2nc(-c3ccc(C4(O)CCC4)cc3)cc3nccnc23)C1.S. The van der Waals surface area contributed by atoms with Crippen LogP contribution >= 0.6 is 13.5 Å². The molecule has 0 radical (unpaired) electrons. The summed E-state index contributed by atoms with van der Waals surface area (Å²) in [7, 11) is 0. The minimum Gasteiger partial charge on any atom is -0.473 e. The highest BCUT2D eigenvalue weighted by Gasteiger charge is 2.36. The van der Waals surface area contributed by atoms with Gasteiger partial charge in [0.25, 0.3) is 0 Å². The third-order valence-electron chi connectivity index (χ3n) is 6.18. The first-order chi connectivity index (χ1) is 15.5. The predicted octanol–water partition coefficient (Wildman–Crippen LogP) is 2.33. The second-order valence-corrected chi connectivity index (χ2v) is 8.29. The number of morpholine rings is 1. The zero-order valence-electron chi connectivity index (χ0n) is 18.1. The molecule has 0 spiro atoms. The maximum absolute atomic E-state index is 11.5. The number of amides is 2. The lowest BCUT2D eigenvalue weighted by atomic mass is 9.75. The van der Waals surface area contributed by atoms with E-state index in [1.807, 2.05) is 30.3 Å². The van der Waals surface area contributed by atoms with Gasteiger partial charge >= 0.3 is 6.03 Å². The van der Waals surface area contributed by atoms with E-state index in [1.165, 1.54) is 4.90 Å². The number of aromatic nitrogens is 3. The summed E-state index contributed by atoms with van der Waals surface area (Å²) in [6.45, 7) is 1.45. The molecule has 1 aliphatic carbocycles. The quantitative estimate of drug-likeness (QED) is 0.588. The molecule has 2 aliphatic rings. The monoisotopic (exact) mass is 469 g/mol. The van der Waals surface area contributed by atoms with Crippen LogP contribution in [0.1, 0.15) is 24.8 Å². The van der Waals surface area contributed by atoms with E-state index in [9.17, 15) is 9.90 Å². The number of fused-ring (bicyclic) bond motifs is 1. The zero-order chi connectivity index (χ0) is 22.1. The Hall–Kier alpha value is -2.95. The fraction of sp³-hybridized carbons (Fsp3) is 0.391. The molecule has 3 aromatic rings. The lowest BCUT2D eigenvalue weighted by molar-refractivity contribution is -0.0387. The summed E-state index contributed by atoms with van der Waals surface area (Å²) >= 11 is 0. The molecule has 174 valence electrons. The molecule has 1 saturated carbocycles. The Morgan fingerprint density at radius 3 is 2.70 bits per heavy atom. The van der Waals surface area contributed by atoms with Crippen molar-refractivity contribution in [1.29, 1.82) is 0 Å². The van der Waals surface area contributed by atoms with Crippen molar-refractivity contribution in [2.75, 3.05) is 26.3 Å². The van der Waals surface area contributed by atoms with Gasteiger partial charge in [0.2, 0.25) is 5.88 Å². The largest absolute Gasteiger partial charge is 0.473 e. The van der Waals surface area contributed by atoms with Gasteiger partial charge in [0, 0.05) is 24.5 Å². The van der Waals surface area contributed by atoms with Crippen molar-refractivity contribution in [1.82, 2.24) is 19.9 Å². The Labute approximate surface area is 198 Å². The number of ether oxygens (including phenoxy) is 2. The standard InChI is InChI=1S/C23H25N5O4.H2S/c24-22(29)28-10-11-31-17(13-28)14-32-21-20-19(25-8-9-26-20)12-18(27-21)15-2-4-16(5-3-15)23(30)6-1-7-23;/h2-5,8-9,12,17,30H,1,6-7,10-11,13-14H2,(H2,24,29);1H2/t17-;/m0./s1. The van der Waals surface area contributed by atoms with E-state index in [1.54, 1.807) is 12.4 Å². The fourth-order valence-electron chi connectivity index (χ4n) is 4.14. The molecule has 9 nitrogen and oxygen atoms in total. The average Bonchev–Trinajstić information content (AvgIpc) is 2.81. The topological polar surface area (TPSA) is 124 Å². The molecular formula is C23H27N5O4S. The molecule has 1 atom stereocenters. The number of rotatable bonds is 5. The molecule has 10 heteroatoms. The summed E-state index contributed by atoms with van der Waals surface area (Å²) in [5.74, 6) is 0.354. The van der Waals surface area contributed by atoms with Crippen LogP contribution in [0.4, 0.5) is 4.79 Å². The highest BCUT2D eigenvalue weighted by Crippen LogP contribution is 2.41. The van der Waals surface area contributed by atoms with Crippen molar-refractivity contribution in [2.45, 2.75) is 31.0 Å². The number of carbonyl (C=O) groups excluding carboxylic acids is 1. The third kappa shape index (κ3) is 4.73. The number of hydrogen-bond donors (Lipinski definition) is 2. The van der Waals surface area contributed by atoms with Crippen molar-refractivity contribution in [3.63, 3.8) is 0 Å². The van der Waals surface area contributed by atoms with Crippen molar-refractivity contribution in [3.05, 3.63) is 48.3 Å². The van der Waals surface area contributed by atoms with Gasteiger partial charge < -0.3 is 25.2 Å². The van der Waals surface area contributed by atoms with E-state index in [2.05, 4.69) is 15.0 Å². The Kier molecular flexibility index (Phi) is 6.68. The summed E-state index contributed by atoms with van der Waals surface area (Å²) in [6, 6.07) is 9.21. The maximum Gasteiger partial charge on any atom is 0.314 e. The van der Waals surface area contributed by atoms with Crippen LogP contribution in [-0.2, 0) is 10.3 Å². The van der Waals surface area contributed by atoms with Crippen LogP contribution < -0.4 is 10.5 Å². The van der Waals surface area contributed by atoms with E-state index < -0.39 is 11.6 Å². The summed E-state index contributed by atoms with van der Waals surface area (Å²) in [4.78, 5) is 26.5. The number of hydrogen-bond acceptors (Lipinski definition) is 7. The normalized spacial score (nSPS) is 19.4. The molecule has 1 aromatic carbocycles. The van der Waals surface area contributed by atoms with E-state index in [0.29, 0.717) is 42.3 Å². The lowest BCUT2D eigenvalue weighted by Crippen LogP contribution is -2.49.